The second kappa shape index (κ2) is 5.61. The Bertz CT molecular complexity index is 384. The molecule has 2 rings (SSSR count). The number of nitrogens with one attached hydrogen (secondary N) is 1. The molecule has 0 radical (unpaired) electrons. The number of nitrogens with two attached hydrogens (primary N) is 1. The first-order valence-corrected chi connectivity index (χ1v) is 6.42. The zero-order chi connectivity index (χ0) is 12.3. The van der Waals surface area contributed by atoms with Gasteiger partial charge in [-0.1, -0.05) is 18.0 Å². The van der Waals surface area contributed by atoms with Crippen LogP contribution in [0.3, 0.4) is 0 Å². The van der Waals surface area contributed by atoms with E-state index in [2.05, 4.69) is 5.32 Å². The molecular weight excluding hydrogens is 236 g/mol. The number of hydrogen-bond acceptors (Lipinski definition) is 3. The molecule has 0 aliphatic heterocycles. The van der Waals surface area contributed by atoms with Gasteiger partial charge in [-0.15, -0.1) is 0 Å². The fraction of sp³-hybridized carbons (Fsp3) is 0.538. The number of hydrogen-bond donors (Lipinski definition) is 2. The van der Waals surface area contributed by atoms with Gasteiger partial charge in [0, 0.05) is 17.8 Å². The molecule has 0 bridgehead atoms. The van der Waals surface area contributed by atoms with Crippen molar-refractivity contribution < 1.29 is 4.74 Å². The maximum Gasteiger partial charge on any atom is 0.139 e. The Hall–Kier alpha value is -0.930. The largest absolute Gasteiger partial charge is 0.495 e. The van der Waals surface area contributed by atoms with Crippen molar-refractivity contribution in [3.05, 3.63) is 23.2 Å². The standard InChI is InChI=1S/C13H19ClN2O/c1-17-13-7-10(5-6-11(13)14)16-12-4-2-3-9(12)8-15/h5-7,9,12,16H,2-4,8,15H2,1H3. The normalized spacial score (nSPS) is 23.7. The van der Waals surface area contributed by atoms with Gasteiger partial charge in [0.05, 0.1) is 12.1 Å². The molecule has 1 aromatic carbocycles. The van der Waals surface area contributed by atoms with Crippen molar-refractivity contribution >= 4 is 17.3 Å². The highest BCUT2D eigenvalue weighted by atomic mass is 35.5. The lowest BCUT2D eigenvalue weighted by Gasteiger charge is -2.21. The highest BCUT2D eigenvalue weighted by molar-refractivity contribution is 6.32. The predicted molar refractivity (Wildman–Crippen MR) is 71.8 cm³/mol. The van der Waals surface area contributed by atoms with Gasteiger partial charge in [-0.2, -0.15) is 0 Å². The summed E-state index contributed by atoms with van der Waals surface area (Å²) in [7, 11) is 1.63. The molecule has 1 aliphatic carbocycles. The van der Waals surface area contributed by atoms with Gasteiger partial charge in [0.25, 0.3) is 0 Å². The van der Waals surface area contributed by atoms with Crippen LogP contribution in [0, 0.1) is 5.92 Å². The SMILES string of the molecule is COc1cc(NC2CCCC2CN)ccc1Cl. The molecule has 0 heterocycles. The van der Waals surface area contributed by atoms with Gasteiger partial charge in [-0.25, -0.2) is 0 Å². The van der Waals surface area contributed by atoms with Crippen molar-refractivity contribution in [2.24, 2.45) is 11.7 Å². The van der Waals surface area contributed by atoms with E-state index in [0.29, 0.717) is 22.7 Å². The molecule has 1 fully saturated rings. The molecule has 2 atom stereocenters. The topological polar surface area (TPSA) is 47.3 Å². The summed E-state index contributed by atoms with van der Waals surface area (Å²) in [6, 6.07) is 6.26. The lowest BCUT2D eigenvalue weighted by Crippen LogP contribution is -2.29. The molecule has 1 saturated carbocycles. The van der Waals surface area contributed by atoms with Crippen LogP contribution in [0.4, 0.5) is 5.69 Å². The van der Waals surface area contributed by atoms with Crippen LogP contribution in [-0.2, 0) is 0 Å². The van der Waals surface area contributed by atoms with Crippen LogP contribution in [0.15, 0.2) is 18.2 Å². The average Bonchev–Trinajstić information content (AvgIpc) is 2.79. The second-order valence-electron chi connectivity index (χ2n) is 4.53. The number of ether oxygens (including phenoxy) is 1. The van der Waals surface area contributed by atoms with E-state index in [1.54, 1.807) is 7.11 Å². The highest BCUT2D eigenvalue weighted by Crippen LogP contribution is 2.31. The summed E-state index contributed by atoms with van der Waals surface area (Å²) in [5.41, 5.74) is 6.82. The molecule has 2 unspecified atom stereocenters. The molecule has 1 aliphatic rings. The number of methoxy groups -OCH3 is 1. The van der Waals surface area contributed by atoms with Crippen molar-refractivity contribution in [3.8, 4) is 5.75 Å². The fourth-order valence-electron chi connectivity index (χ4n) is 2.47. The Morgan fingerprint density at radius 1 is 1.47 bits per heavy atom. The minimum atomic E-state index is 0.478. The number of benzene rings is 1. The maximum atomic E-state index is 6.00. The molecule has 0 amide bonds. The van der Waals surface area contributed by atoms with E-state index in [9.17, 15) is 0 Å². The maximum absolute atomic E-state index is 6.00. The van der Waals surface area contributed by atoms with Crippen LogP contribution in [0.5, 0.6) is 5.75 Å². The molecular formula is C13H19ClN2O. The first-order valence-electron chi connectivity index (χ1n) is 6.04. The lowest BCUT2D eigenvalue weighted by molar-refractivity contribution is 0.415. The van der Waals surface area contributed by atoms with E-state index in [1.807, 2.05) is 18.2 Å². The second-order valence-corrected chi connectivity index (χ2v) is 4.93. The molecule has 3 nitrogen and oxygen atoms in total. The van der Waals surface area contributed by atoms with E-state index in [0.717, 1.165) is 12.2 Å². The van der Waals surface area contributed by atoms with E-state index in [4.69, 9.17) is 22.1 Å². The Labute approximate surface area is 107 Å². The van der Waals surface area contributed by atoms with Crippen molar-refractivity contribution in [3.63, 3.8) is 0 Å². The summed E-state index contributed by atoms with van der Waals surface area (Å²) in [6.07, 6.45) is 3.66. The minimum Gasteiger partial charge on any atom is -0.495 e. The molecule has 94 valence electrons. The van der Waals surface area contributed by atoms with Gasteiger partial charge in [-0.3, -0.25) is 0 Å². The third kappa shape index (κ3) is 2.85. The number of rotatable bonds is 4. The fourth-order valence-corrected chi connectivity index (χ4v) is 2.67. The predicted octanol–water partition coefficient (Wildman–Crippen LogP) is 2.89. The van der Waals surface area contributed by atoms with Gasteiger partial charge in [-0.05, 0) is 37.4 Å². The lowest BCUT2D eigenvalue weighted by atomic mass is 10.0. The van der Waals surface area contributed by atoms with Crippen molar-refractivity contribution in [1.82, 2.24) is 0 Å². The third-order valence-electron chi connectivity index (χ3n) is 3.47. The van der Waals surface area contributed by atoms with Gasteiger partial charge >= 0.3 is 0 Å². The number of anilines is 1. The zero-order valence-electron chi connectivity index (χ0n) is 10.1. The summed E-state index contributed by atoms with van der Waals surface area (Å²) >= 11 is 6.00. The highest BCUT2D eigenvalue weighted by Gasteiger charge is 2.25. The van der Waals surface area contributed by atoms with Crippen LogP contribution in [0.2, 0.25) is 5.02 Å². The Morgan fingerprint density at radius 3 is 3.00 bits per heavy atom. The monoisotopic (exact) mass is 254 g/mol. The van der Waals surface area contributed by atoms with Crippen LogP contribution in [-0.4, -0.2) is 19.7 Å². The molecule has 0 spiro atoms. The van der Waals surface area contributed by atoms with Crippen LogP contribution < -0.4 is 15.8 Å². The van der Waals surface area contributed by atoms with Crippen LogP contribution in [0.1, 0.15) is 19.3 Å². The Morgan fingerprint density at radius 2 is 2.29 bits per heavy atom. The van der Waals surface area contributed by atoms with Crippen LogP contribution >= 0.6 is 11.6 Å². The van der Waals surface area contributed by atoms with Crippen molar-refractivity contribution in [1.29, 1.82) is 0 Å². The molecule has 17 heavy (non-hydrogen) atoms. The van der Waals surface area contributed by atoms with Gasteiger partial charge in [0.2, 0.25) is 0 Å². The van der Waals surface area contributed by atoms with E-state index < -0.39 is 0 Å². The molecule has 0 aromatic heterocycles. The molecule has 3 N–H and O–H groups in total. The quantitative estimate of drug-likeness (QED) is 0.869. The van der Waals surface area contributed by atoms with Crippen LogP contribution in [0.25, 0.3) is 0 Å². The summed E-state index contributed by atoms with van der Waals surface area (Å²) < 4.78 is 5.21. The Kier molecular flexibility index (Phi) is 4.13. The zero-order valence-corrected chi connectivity index (χ0v) is 10.8. The summed E-state index contributed by atoms with van der Waals surface area (Å²) in [6.45, 7) is 0.752. The van der Waals surface area contributed by atoms with E-state index in [1.165, 1.54) is 19.3 Å². The molecule has 0 saturated heterocycles. The van der Waals surface area contributed by atoms with Crippen molar-refractivity contribution in [2.75, 3.05) is 19.0 Å². The summed E-state index contributed by atoms with van der Waals surface area (Å²) in [4.78, 5) is 0. The van der Waals surface area contributed by atoms with Gasteiger partial charge in [0.15, 0.2) is 0 Å². The third-order valence-corrected chi connectivity index (χ3v) is 3.78. The van der Waals surface area contributed by atoms with Gasteiger partial charge < -0.3 is 15.8 Å². The van der Waals surface area contributed by atoms with E-state index >= 15 is 0 Å². The molecule has 4 heteroatoms. The summed E-state index contributed by atoms with van der Waals surface area (Å²) in [5, 5.41) is 4.16. The van der Waals surface area contributed by atoms with Crippen molar-refractivity contribution in [2.45, 2.75) is 25.3 Å². The Balaban J connectivity index is 2.08. The minimum absolute atomic E-state index is 0.478. The van der Waals surface area contributed by atoms with Gasteiger partial charge in [0.1, 0.15) is 5.75 Å². The smallest absolute Gasteiger partial charge is 0.139 e. The van der Waals surface area contributed by atoms with E-state index in [-0.39, 0.29) is 0 Å². The first kappa shape index (κ1) is 12.5. The average molecular weight is 255 g/mol. The number of halogens is 1. The molecule has 1 aromatic rings. The first-order chi connectivity index (χ1) is 8.24. The summed E-state index contributed by atoms with van der Waals surface area (Å²) in [5.74, 6) is 1.29.